The molecule has 1 aliphatic carbocycles. The number of piperazine rings is 1. The minimum absolute atomic E-state index is 0.183. The van der Waals surface area contributed by atoms with Crippen LogP contribution in [0.5, 0.6) is 0 Å². The highest BCUT2D eigenvalue weighted by Gasteiger charge is 2.34. The molecule has 1 aromatic rings. The molecule has 5 heteroatoms. The zero-order chi connectivity index (χ0) is 15.0. The summed E-state index contributed by atoms with van der Waals surface area (Å²) in [6, 6.07) is 6.36. The van der Waals surface area contributed by atoms with Crippen LogP contribution in [0, 0.1) is 10.1 Å². The van der Waals surface area contributed by atoms with E-state index in [9.17, 15) is 10.1 Å². The van der Waals surface area contributed by atoms with E-state index >= 15 is 0 Å². The van der Waals surface area contributed by atoms with Gasteiger partial charge in [-0.2, -0.15) is 0 Å². The maximum Gasteiger partial charge on any atom is 0.295 e. The summed E-state index contributed by atoms with van der Waals surface area (Å²) < 4.78 is 0. The quantitative estimate of drug-likeness (QED) is 0.631. The summed E-state index contributed by atoms with van der Waals surface area (Å²) in [5.74, 6) is 0.405. The van der Waals surface area contributed by atoms with E-state index in [-0.39, 0.29) is 4.92 Å². The second-order valence-corrected chi connectivity index (χ2v) is 6.36. The number of nitro groups is 1. The van der Waals surface area contributed by atoms with Crippen molar-refractivity contribution < 1.29 is 4.92 Å². The first-order valence-corrected chi connectivity index (χ1v) is 7.84. The molecule has 0 N–H and O–H groups in total. The number of para-hydroxylation sites is 1. The molecular formula is C16H23N3O2. The lowest BCUT2D eigenvalue weighted by atomic mass is 10.1. The zero-order valence-electron chi connectivity index (χ0n) is 12.8. The largest absolute Gasteiger partial charge is 0.363 e. The van der Waals surface area contributed by atoms with Crippen LogP contribution in [0.15, 0.2) is 18.2 Å². The zero-order valence-corrected chi connectivity index (χ0v) is 12.8. The van der Waals surface area contributed by atoms with Gasteiger partial charge in [0.2, 0.25) is 0 Å². The van der Waals surface area contributed by atoms with E-state index in [4.69, 9.17) is 0 Å². The number of nitro benzene ring substituents is 1. The van der Waals surface area contributed by atoms with Crippen LogP contribution in [-0.2, 0) is 0 Å². The molecule has 1 aromatic carbocycles. The Balaban J connectivity index is 1.85. The van der Waals surface area contributed by atoms with Crippen molar-refractivity contribution in [3.63, 3.8) is 0 Å². The molecule has 1 saturated carbocycles. The van der Waals surface area contributed by atoms with E-state index in [0.717, 1.165) is 50.3 Å². The molecule has 0 aromatic heterocycles. The van der Waals surface area contributed by atoms with E-state index < -0.39 is 0 Å². The highest BCUT2D eigenvalue weighted by molar-refractivity contribution is 5.68. The molecule has 1 aliphatic heterocycles. The van der Waals surface area contributed by atoms with Crippen molar-refractivity contribution in [2.24, 2.45) is 0 Å². The standard InChI is InChI=1S/C16H23N3O2/c1-12(2)17-8-10-18(11-9-17)15-5-3-4-14(13-6-7-13)16(15)19(20)21/h3-5,12-13H,6-11H2,1-2H3. The molecule has 2 fully saturated rings. The molecule has 21 heavy (non-hydrogen) atoms. The Bertz CT molecular complexity index is 532. The summed E-state index contributed by atoms with van der Waals surface area (Å²) in [5.41, 5.74) is 2.09. The lowest BCUT2D eigenvalue weighted by molar-refractivity contribution is -0.384. The van der Waals surface area contributed by atoms with Gasteiger partial charge < -0.3 is 4.90 Å². The van der Waals surface area contributed by atoms with Crippen molar-refractivity contribution in [2.75, 3.05) is 31.1 Å². The predicted molar refractivity (Wildman–Crippen MR) is 84.0 cm³/mol. The summed E-state index contributed by atoms with van der Waals surface area (Å²) in [6.07, 6.45) is 2.18. The molecule has 5 nitrogen and oxygen atoms in total. The second-order valence-electron chi connectivity index (χ2n) is 6.36. The van der Waals surface area contributed by atoms with Crippen LogP contribution in [0.1, 0.15) is 38.2 Å². The fraction of sp³-hybridized carbons (Fsp3) is 0.625. The van der Waals surface area contributed by atoms with E-state index in [1.165, 1.54) is 0 Å². The SMILES string of the molecule is CC(C)N1CCN(c2cccc(C3CC3)c2[N+](=O)[O-])CC1. The number of hydrogen-bond acceptors (Lipinski definition) is 4. The average molecular weight is 289 g/mol. The van der Waals surface area contributed by atoms with Gasteiger partial charge in [0.05, 0.1) is 4.92 Å². The molecule has 0 unspecified atom stereocenters. The highest BCUT2D eigenvalue weighted by atomic mass is 16.6. The third-order valence-corrected chi connectivity index (χ3v) is 4.63. The van der Waals surface area contributed by atoms with Crippen LogP contribution >= 0.6 is 0 Å². The minimum atomic E-state index is -0.183. The average Bonchev–Trinajstić information content (AvgIpc) is 3.31. The molecule has 3 rings (SSSR count). The van der Waals surface area contributed by atoms with Crippen LogP contribution < -0.4 is 4.90 Å². The number of benzene rings is 1. The highest BCUT2D eigenvalue weighted by Crippen LogP contribution is 2.47. The Kier molecular flexibility index (Phi) is 3.85. The van der Waals surface area contributed by atoms with E-state index in [1.807, 2.05) is 18.2 Å². The van der Waals surface area contributed by atoms with Gasteiger partial charge in [-0.05, 0) is 38.7 Å². The smallest absolute Gasteiger partial charge is 0.295 e. The van der Waals surface area contributed by atoms with E-state index in [0.29, 0.717) is 17.6 Å². The first-order valence-electron chi connectivity index (χ1n) is 7.84. The van der Waals surface area contributed by atoms with Crippen LogP contribution in [0.4, 0.5) is 11.4 Å². The van der Waals surface area contributed by atoms with Gasteiger partial charge in [-0.1, -0.05) is 12.1 Å². The molecule has 1 saturated heterocycles. The van der Waals surface area contributed by atoms with Crippen molar-refractivity contribution in [3.05, 3.63) is 33.9 Å². The fourth-order valence-corrected chi connectivity index (χ4v) is 3.21. The lowest BCUT2D eigenvalue weighted by Gasteiger charge is -2.38. The summed E-state index contributed by atoms with van der Waals surface area (Å²) in [6.45, 7) is 8.09. The first-order chi connectivity index (χ1) is 10.1. The Hall–Kier alpha value is -1.62. The Morgan fingerprint density at radius 1 is 1.19 bits per heavy atom. The maximum absolute atomic E-state index is 11.6. The van der Waals surface area contributed by atoms with Crippen LogP contribution in [0.25, 0.3) is 0 Å². The fourth-order valence-electron chi connectivity index (χ4n) is 3.21. The molecule has 0 amide bonds. The monoisotopic (exact) mass is 289 g/mol. The molecule has 0 bridgehead atoms. The molecule has 114 valence electrons. The van der Waals surface area contributed by atoms with E-state index in [2.05, 4.69) is 23.6 Å². The summed E-state index contributed by atoms with van der Waals surface area (Å²) in [4.78, 5) is 16.0. The van der Waals surface area contributed by atoms with Gasteiger partial charge >= 0.3 is 0 Å². The minimum Gasteiger partial charge on any atom is -0.363 e. The van der Waals surface area contributed by atoms with Gasteiger partial charge in [0, 0.05) is 37.8 Å². The van der Waals surface area contributed by atoms with Crippen molar-refractivity contribution in [1.29, 1.82) is 0 Å². The Morgan fingerprint density at radius 2 is 1.86 bits per heavy atom. The van der Waals surface area contributed by atoms with Crippen LogP contribution in [-0.4, -0.2) is 42.0 Å². The Labute approximate surface area is 125 Å². The topological polar surface area (TPSA) is 49.6 Å². The van der Waals surface area contributed by atoms with Crippen LogP contribution in [0.3, 0.4) is 0 Å². The number of nitrogens with zero attached hydrogens (tertiary/aromatic N) is 3. The van der Waals surface area contributed by atoms with Crippen molar-refractivity contribution >= 4 is 11.4 Å². The van der Waals surface area contributed by atoms with Gasteiger partial charge in [-0.25, -0.2) is 0 Å². The number of hydrogen-bond donors (Lipinski definition) is 0. The normalized spacial score (nSPS) is 20.0. The lowest BCUT2D eigenvalue weighted by Crippen LogP contribution is -2.49. The van der Waals surface area contributed by atoms with Gasteiger partial charge in [0.15, 0.2) is 0 Å². The molecule has 0 spiro atoms. The molecular weight excluding hydrogens is 266 g/mol. The van der Waals surface area contributed by atoms with Crippen molar-refractivity contribution in [1.82, 2.24) is 4.90 Å². The number of anilines is 1. The third-order valence-electron chi connectivity index (χ3n) is 4.63. The maximum atomic E-state index is 11.6. The van der Waals surface area contributed by atoms with Gasteiger partial charge in [-0.3, -0.25) is 15.0 Å². The van der Waals surface area contributed by atoms with Crippen molar-refractivity contribution in [2.45, 2.75) is 38.6 Å². The predicted octanol–water partition coefficient (Wildman–Crippen LogP) is 3.00. The summed E-state index contributed by atoms with van der Waals surface area (Å²) >= 11 is 0. The first kappa shape index (κ1) is 14.3. The molecule has 1 heterocycles. The van der Waals surface area contributed by atoms with E-state index in [1.54, 1.807) is 0 Å². The Morgan fingerprint density at radius 3 is 2.38 bits per heavy atom. The molecule has 2 aliphatic rings. The molecule has 0 atom stereocenters. The summed E-state index contributed by atoms with van der Waals surface area (Å²) in [7, 11) is 0. The van der Waals surface area contributed by atoms with Gasteiger partial charge in [-0.15, -0.1) is 0 Å². The van der Waals surface area contributed by atoms with Crippen molar-refractivity contribution in [3.8, 4) is 0 Å². The molecule has 0 radical (unpaired) electrons. The van der Waals surface area contributed by atoms with Gasteiger partial charge in [0.25, 0.3) is 5.69 Å². The van der Waals surface area contributed by atoms with Gasteiger partial charge in [0.1, 0.15) is 5.69 Å². The summed E-state index contributed by atoms with van der Waals surface area (Å²) in [5, 5.41) is 11.6. The third kappa shape index (κ3) is 2.88. The second kappa shape index (κ2) is 5.64. The van der Waals surface area contributed by atoms with Crippen LogP contribution in [0.2, 0.25) is 0 Å². The number of rotatable bonds is 4.